The highest BCUT2D eigenvalue weighted by Gasteiger charge is 2.35. The zero-order chi connectivity index (χ0) is 22.6. The molecule has 0 unspecified atom stereocenters. The van der Waals surface area contributed by atoms with Gasteiger partial charge in [-0.25, -0.2) is 10.4 Å². The van der Waals surface area contributed by atoms with Crippen molar-refractivity contribution in [3.05, 3.63) is 74.5 Å². The van der Waals surface area contributed by atoms with Crippen molar-refractivity contribution in [2.45, 2.75) is 6.18 Å². The van der Waals surface area contributed by atoms with Crippen molar-refractivity contribution < 1.29 is 17.9 Å². The van der Waals surface area contributed by atoms with Crippen LogP contribution in [-0.2, 0) is 6.18 Å². The summed E-state index contributed by atoms with van der Waals surface area (Å²) < 4.78 is 44.4. The topological polar surface area (TPSA) is 103 Å². The molecule has 1 heterocycles. The summed E-state index contributed by atoms with van der Waals surface area (Å²) >= 11 is 5.88. The SMILES string of the molecule is COc1c(Cl)cc(C=NNc2nc(-c3ccccc3)c(C#N)c(=O)[nH]2)cc1C(F)(F)F. The first-order valence-corrected chi connectivity index (χ1v) is 8.96. The number of hydrogen-bond donors (Lipinski definition) is 2. The molecule has 0 radical (unpaired) electrons. The van der Waals surface area contributed by atoms with Crippen molar-refractivity contribution in [2.24, 2.45) is 5.10 Å². The summed E-state index contributed by atoms with van der Waals surface area (Å²) in [6.07, 6.45) is -3.61. The molecule has 31 heavy (non-hydrogen) atoms. The lowest BCUT2D eigenvalue weighted by Crippen LogP contribution is -2.16. The molecular formula is C20H13ClF3N5O2. The monoisotopic (exact) mass is 447 g/mol. The molecule has 3 rings (SSSR count). The molecule has 7 nitrogen and oxygen atoms in total. The number of H-pyrrole nitrogens is 1. The van der Waals surface area contributed by atoms with Crippen molar-refractivity contribution in [1.29, 1.82) is 5.26 Å². The second-order valence-electron chi connectivity index (χ2n) is 6.07. The Kier molecular flexibility index (Phi) is 6.27. The van der Waals surface area contributed by atoms with Crippen LogP contribution in [0.25, 0.3) is 11.3 Å². The van der Waals surface area contributed by atoms with Crippen LogP contribution in [0.3, 0.4) is 0 Å². The summed E-state index contributed by atoms with van der Waals surface area (Å²) in [5, 5.41) is 12.8. The van der Waals surface area contributed by atoms with Crippen molar-refractivity contribution in [1.82, 2.24) is 9.97 Å². The molecule has 11 heteroatoms. The molecule has 0 amide bonds. The van der Waals surface area contributed by atoms with Crippen LogP contribution < -0.4 is 15.7 Å². The number of nitriles is 1. The molecule has 0 saturated carbocycles. The molecular weight excluding hydrogens is 435 g/mol. The van der Waals surface area contributed by atoms with Gasteiger partial charge in [-0.15, -0.1) is 0 Å². The lowest BCUT2D eigenvalue weighted by atomic mass is 10.1. The predicted octanol–water partition coefficient (Wildman–Crippen LogP) is 4.44. The van der Waals surface area contributed by atoms with Gasteiger partial charge in [-0.2, -0.15) is 23.5 Å². The molecule has 0 atom stereocenters. The maximum Gasteiger partial charge on any atom is 0.420 e. The second kappa shape index (κ2) is 8.89. The summed E-state index contributed by atoms with van der Waals surface area (Å²) in [5.74, 6) is -0.598. The van der Waals surface area contributed by atoms with E-state index in [4.69, 9.17) is 16.3 Å². The van der Waals surface area contributed by atoms with Gasteiger partial charge in [0.05, 0.1) is 29.6 Å². The van der Waals surface area contributed by atoms with E-state index in [9.17, 15) is 23.2 Å². The van der Waals surface area contributed by atoms with Crippen LogP contribution in [0.15, 0.2) is 52.4 Å². The first kappa shape index (κ1) is 21.9. The van der Waals surface area contributed by atoms with Gasteiger partial charge in [-0.1, -0.05) is 41.9 Å². The van der Waals surface area contributed by atoms with Crippen molar-refractivity contribution in [2.75, 3.05) is 12.5 Å². The molecule has 158 valence electrons. The Morgan fingerprint density at radius 2 is 2.00 bits per heavy atom. The van der Waals surface area contributed by atoms with Gasteiger partial charge in [0.1, 0.15) is 17.4 Å². The van der Waals surface area contributed by atoms with E-state index in [1.54, 1.807) is 36.4 Å². The van der Waals surface area contributed by atoms with Gasteiger partial charge >= 0.3 is 6.18 Å². The number of halogens is 4. The molecule has 0 aliphatic carbocycles. The van der Waals surface area contributed by atoms with E-state index in [2.05, 4.69) is 20.5 Å². The minimum atomic E-state index is -4.68. The van der Waals surface area contributed by atoms with Gasteiger partial charge in [-0.3, -0.25) is 9.78 Å². The normalized spacial score (nSPS) is 11.4. The van der Waals surface area contributed by atoms with E-state index in [1.165, 1.54) is 6.07 Å². The van der Waals surface area contributed by atoms with E-state index >= 15 is 0 Å². The number of aromatic nitrogens is 2. The predicted molar refractivity (Wildman–Crippen MR) is 109 cm³/mol. The molecule has 0 bridgehead atoms. The minimum absolute atomic E-state index is 0.0323. The van der Waals surface area contributed by atoms with E-state index in [0.29, 0.717) is 5.56 Å². The maximum absolute atomic E-state index is 13.2. The average Bonchev–Trinajstić information content (AvgIpc) is 2.73. The van der Waals surface area contributed by atoms with Gasteiger partial charge in [-0.05, 0) is 17.7 Å². The fourth-order valence-electron chi connectivity index (χ4n) is 2.71. The molecule has 0 aliphatic heterocycles. The first-order valence-electron chi connectivity index (χ1n) is 8.58. The number of ether oxygens (including phenoxy) is 1. The molecule has 0 aliphatic rings. The molecule has 0 fully saturated rings. The van der Waals surface area contributed by atoms with Gasteiger partial charge < -0.3 is 4.74 Å². The Bertz CT molecular complexity index is 1230. The third-order valence-electron chi connectivity index (χ3n) is 4.04. The zero-order valence-electron chi connectivity index (χ0n) is 15.8. The van der Waals surface area contributed by atoms with Crippen molar-refractivity contribution in [3.8, 4) is 23.1 Å². The number of nitrogens with zero attached hydrogens (tertiary/aromatic N) is 3. The number of alkyl halides is 3. The Balaban J connectivity index is 1.93. The van der Waals surface area contributed by atoms with Crippen LogP contribution in [0.2, 0.25) is 5.02 Å². The fraction of sp³-hybridized carbons (Fsp3) is 0.100. The van der Waals surface area contributed by atoms with Crippen molar-refractivity contribution >= 4 is 23.8 Å². The summed E-state index contributed by atoms with van der Waals surface area (Å²) in [6, 6.07) is 12.4. The highest BCUT2D eigenvalue weighted by atomic mass is 35.5. The van der Waals surface area contributed by atoms with Crippen LogP contribution in [-0.4, -0.2) is 23.3 Å². The van der Waals surface area contributed by atoms with Gasteiger partial charge in [0.15, 0.2) is 0 Å². The first-order chi connectivity index (χ1) is 14.7. The summed E-state index contributed by atoms with van der Waals surface area (Å²) in [6.45, 7) is 0. The standard InChI is InChI=1S/C20H13ClF3N5O2/c1-31-17-14(20(22,23)24)7-11(8-15(17)21)10-26-29-19-27-16(12-5-3-2-4-6-12)13(9-25)18(30)28-19/h2-8,10H,1H3,(H2,27,28,29,30). The third kappa shape index (κ3) is 4.84. The Morgan fingerprint density at radius 3 is 2.61 bits per heavy atom. The quantitative estimate of drug-likeness (QED) is 0.444. The van der Waals surface area contributed by atoms with E-state index < -0.39 is 23.0 Å². The van der Waals surface area contributed by atoms with Crippen LogP contribution in [0.5, 0.6) is 5.75 Å². The zero-order valence-corrected chi connectivity index (χ0v) is 16.5. The molecule has 3 aromatic rings. The largest absolute Gasteiger partial charge is 0.495 e. The Hall–Kier alpha value is -3.84. The summed E-state index contributed by atoms with van der Waals surface area (Å²) in [5.41, 5.74) is 1.21. The maximum atomic E-state index is 13.2. The van der Waals surface area contributed by atoms with Crippen LogP contribution in [0.1, 0.15) is 16.7 Å². The van der Waals surface area contributed by atoms with Gasteiger partial charge in [0, 0.05) is 5.56 Å². The summed E-state index contributed by atoms with van der Waals surface area (Å²) in [4.78, 5) is 18.7. The summed E-state index contributed by atoms with van der Waals surface area (Å²) in [7, 11) is 1.09. The third-order valence-corrected chi connectivity index (χ3v) is 4.32. The molecule has 1 aromatic heterocycles. The number of methoxy groups -OCH3 is 1. The number of hydrazone groups is 1. The van der Waals surface area contributed by atoms with Crippen molar-refractivity contribution in [3.63, 3.8) is 0 Å². The lowest BCUT2D eigenvalue weighted by Gasteiger charge is -2.14. The molecule has 2 aromatic carbocycles. The van der Waals surface area contributed by atoms with Crippen LogP contribution >= 0.6 is 11.6 Å². The number of nitrogens with one attached hydrogen (secondary N) is 2. The smallest absolute Gasteiger partial charge is 0.420 e. The highest BCUT2D eigenvalue weighted by molar-refractivity contribution is 6.32. The molecule has 2 N–H and O–H groups in total. The van der Waals surface area contributed by atoms with Gasteiger partial charge in [0.2, 0.25) is 5.95 Å². The highest BCUT2D eigenvalue weighted by Crippen LogP contribution is 2.40. The second-order valence-corrected chi connectivity index (χ2v) is 6.47. The Labute approximate surface area is 178 Å². The Morgan fingerprint density at radius 1 is 1.29 bits per heavy atom. The van der Waals surface area contributed by atoms with E-state index in [-0.39, 0.29) is 27.8 Å². The van der Waals surface area contributed by atoms with Crippen LogP contribution in [0.4, 0.5) is 19.1 Å². The molecule has 0 spiro atoms. The van der Waals surface area contributed by atoms with Gasteiger partial charge in [0.25, 0.3) is 5.56 Å². The van der Waals surface area contributed by atoms with Crippen LogP contribution in [0, 0.1) is 11.3 Å². The lowest BCUT2D eigenvalue weighted by molar-refractivity contribution is -0.138. The number of aromatic amines is 1. The minimum Gasteiger partial charge on any atom is -0.495 e. The molecule has 0 saturated heterocycles. The number of rotatable bonds is 5. The fourth-order valence-corrected chi connectivity index (χ4v) is 3.01. The van der Waals surface area contributed by atoms with E-state index in [1.807, 2.05) is 0 Å². The van der Waals surface area contributed by atoms with E-state index in [0.717, 1.165) is 19.4 Å². The number of benzene rings is 2. The average molecular weight is 448 g/mol. The number of hydrogen-bond acceptors (Lipinski definition) is 6. The number of anilines is 1.